The van der Waals surface area contributed by atoms with Crippen LogP contribution in [0.2, 0.25) is 0 Å². The van der Waals surface area contributed by atoms with Crippen LogP contribution in [0.4, 0.5) is 23.2 Å². The van der Waals surface area contributed by atoms with E-state index in [1.165, 1.54) is 19.2 Å². The molecule has 1 aromatic carbocycles. The first-order chi connectivity index (χ1) is 15.5. The summed E-state index contributed by atoms with van der Waals surface area (Å²) in [5, 5.41) is 4.98. The van der Waals surface area contributed by atoms with Crippen molar-refractivity contribution in [2.24, 2.45) is 11.3 Å². The Bertz CT molecular complexity index is 901. The predicted octanol–water partition coefficient (Wildman–Crippen LogP) is 3.87. The fourth-order valence-corrected chi connectivity index (χ4v) is 5.34. The highest BCUT2D eigenvalue weighted by Crippen LogP contribution is 2.47. The number of carbonyl (C=O) groups excluding carboxylic acids is 2. The monoisotopic (exact) mass is 471 g/mol. The van der Waals surface area contributed by atoms with Gasteiger partial charge in [-0.2, -0.15) is 13.2 Å². The highest BCUT2D eigenvalue weighted by Gasteiger charge is 2.59. The van der Waals surface area contributed by atoms with Gasteiger partial charge in [-0.05, 0) is 56.4 Å². The molecule has 0 aromatic heterocycles. The van der Waals surface area contributed by atoms with Gasteiger partial charge < -0.3 is 15.4 Å². The number of halogens is 4. The van der Waals surface area contributed by atoms with Crippen molar-refractivity contribution in [1.82, 2.24) is 10.2 Å². The third kappa shape index (κ3) is 4.95. The summed E-state index contributed by atoms with van der Waals surface area (Å²) >= 11 is 0. The van der Waals surface area contributed by atoms with E-state index >= 15 is 0 Å². The van der Waals surface area contributed by atoms with Crippen LogP contribution < -0.4 is 15.4 Å². The Morgan fingerprint density at radius 2 is 1.79 bits per heavy atom. The third-order valence-corrected chi connectivity index (χ3v) is 7.41. The summed E-state index contributed by atoms with van der Waals surface area (Å²) in [4.78, 5) is 26.7. The number of alkyl halides is 3. The minimum atomic E-state index is -4.42. The molecule has 2 N–H and O–H groups in total. The Morgan fingerprint density at radius 3 is 2.33 bits per heavy atom. The second-order valence-electron chi connectivity index (χ2n) is 9.77. The molecule has 3 fully saturated rings. The summed E-state index contributed by atoms with van der Waals surface area (Å²) in [6, 6.07) is 4.04. The molecule has 4 rings (SSSR count). The van der Waals surface area contributed by atoms with Gasteiger partial charge in [0.25, 0.3) is 0 Å². The second kappa shape index (κ2) is 8.77. The molecule has 1 aromatic rings. The number of rotatable bonds is 6. The Kier molecular flexibility index (Phi) is 6.32. The van der Waals surface area contributed by atoms with Crippen LogP contribution in [0, 0.1) is 17.2 Å². The van der Waals surface area contributed by atoms with Crippen molar-refractivity contribution in [3.8, 4) is 5.75 Å². The smallest absolute Gasteiger partial charge is 0.411 e. The Morgan fingerprint density at radius 1 is 1.12 bits per heavy atom. The van der Waals surface area contributed by atoms with Crippen molar-refractivity contribution in [2.75, 3.05) is 32.1 Å². The molecule has 2 aliphatic carbocycles. The molecule has 1 saturated heterocycles. The van der Waals surface area contributed by atoms with Crippen LogP contribution >= 0.6 is 0 Å². The highest BCUT2D eigenvalue weighted by molar-refractivity contribution is 5.92. The number of carbonyl (C=O) groups is 2. The summed E-state index contributed by atoms with van der Waals surface area (Å²) in [6.45, 7) is 1.26. The Labute approximate surface area is 190 Å². The molecule has 182 valence electrons. The normalized spacial score (nSPS) is 22.2. The maximum atomic E-state index is 13.6. The number of ether oxygens (including phenoxy) is 1. The molecule has 6 nitrogen and oxygen atoms in total. The zero-order valence-corrected chi connectivity index (χ0v) is 18.6. The standard InChI is InChI=1S/C23H29F4N3O3/c1-33-18-10-16(24)9-17(11-18)28-20(32)15-3-7-21(8-4-15)13-30(14-21)12-19(31)29-22(5-2-6-22)23(25,26)27/h9-11,15H,2-8,12-14H2,1H3,(H,28,32)(H,29,31). The van der Waals surface area contributed by atoms with Crippen LogP contribution in [0.3, 0.4) is 0 Å². The van der Waals surface area contributed by atoms with E-state index in [1.54, 1.807) is 6.07 Å². The minimum absolute atomic E-state index is 0.0112. The average molecular weight is 471 g/mol. The van der Waals surface area contributed by atoms with Crippen molar-refractivity contribution in [3.63, 3.8) is 0 Å². The molecule has 1 aliphatic heterocycles. The van der Waals surface area contributed by atoms with Crippen molar-refractivity contribution in [1.29, 1.82) is 0 Å². The van der Waals surface area contributed by atoms with E-state index in [4.69, 9.17) is 4.74 Å². The zero-order valence-electron chi connectivity index (χ0n) is 18.6. The molecule has 2 amide bonds. The van der Waals surface area contributed by atoms with Gasteiger partial charge in [-0.3, -0.25) is 14.5 Å². The quantitative estimate of drug-likeness (QED) is 0.618. The molecule has 1 heterocycles. The van der Waals surface area contributed by atoms with Crippen LogP contribution in [0.5, 0.6) is 5.75 Å². The highest BCUT2D eigenvalue weighted by atomic mass is 19.4. The summed E-state index contributed by atoms with van der Waals surface area (Å²) in [5.41, 5.74) is -1.69. The van der Waals surface area contributed by atoms with Gasteiger partial charge in [0.05, 0.1) is 13.7 Å². The topological polar surface area (TPSA) is 70.7 Å². The maximum Gasteiger partial charge on any atom is 0.411 e. The lowest BCUT2D eigenvalue weighted by atomic mass is 9.65. The average Bonchev–Trinajstić information content (AvgIpc) is 2.68. The fourth-order valence-electron chi connectivity index (χ4n) is 5.34. The van der Waals surface area contributed by atoms with Gasteiger partial charge in [-0.15, -0.1) is 0 Å². The largest absolute Gasteiger partial charge is 0.497 e. The van der Waals surface area contributed by atoms with Crippen molar-refractivity contribution in [3.05, 3.63) is 24.0 Å². The number of amides is 2. The number of methoxy groups -OCH3 is 1. The summed E-state index contributed by atoms with van der Waals surface area (Å²) in [7, 11) is 1.42. The fraction of sp³-hybridized carbons (Fsp3) is 0.652. The summed E-state index contributed by atoms with van der Waals surface area (Å²) in [6.07, 6.45) is -1.10. The molecule has 0 unspecified atom stereocenters. The van der Waals surface area contributed by atoms with Crippen molar-refractivity contribution >= 4 is 17.5 Å². The molecule has 33 heavy (non-hydrogen) atoms. The van der Waals surface area contributed by atoms with Crippen LogP contribution in [0.1, 0.15) is 44.9 Å². The predicted molar refractivity (Wildman–Crippen MR) is 113 cm³/mol. The first-order valence-corrected chi connectivity index (χ1v) is 11.3. The van der Waals surface area contributed by atoms with E-state index in [0.717, 1.165) is 12.8 Å². The number of hydrogen-bond donors (Lipinski definition) is 2. The molecule has 0 atom stereocenters. The molecular formula is C23H29F4N3O3. The zero-order chi connectivity index (χ0) is 23.9. The number of hydrogen-bond acceptors (Lipinski definition) is 4. The number of nitrogens with zero attached hydrogens (tertiary/aromatic N) is 1. The molecule has 2 saturated carbocycles. The first-order valence-electron chi connectivity index (χ1n) is 11.3. The van der Waals surface area contributed by atoms with Crippen LogP contribution in [-0.4, -0.2) is 55.2 Å². The van der Waals surface area contributed by atoms with Crippen molar-refractivity contribution in [2.45, 2.75) is 56.7 Å². The molecule has 0 bridgehead atoms. The molecule has 10 heteroatoms. The first kappa shape index (κ1) is 23.8. The Hall–Kier alpha value is -2.36. The van der Waals surface area contributed by atoms with E-state index in [1.807, 2.05) is 4.90 Å². The summed E-state index contributed by atoms with van der Waals surface area (Å²) in [5.74, 6) is -1.10. The summed E-state index contributed by atoms with van der Waals surface area (Å²) < 4.78 is 58.4. The molecular weight excluding hydrogens is 442 g/mol. The third-order valence-electron chi connectivity index (χ3n) is 7.41. The van der Waals surface area contributed by atoms with E-state index in [0.29, 0.717) is 43.8 Å². The molecule has 0 radical (unpaired) electrons. The number of likely N-dealkylation sites (tertiary alicyclic amines) is 1. The van der Waals surface area contributed by atoms with Gasteiger partial charge in [0.15, 0.2) is 0 Å². The van der Waals surface area contributed by atoms with Gasteiger partial charge >= 0.3 is 6.18 Å². The van der Waals surface area contributed by atoms with Gasteiger partial charge in [0, 0.05) is 36.8 Å². The van der Waals surface area contributed by atoms with Gasteiger partial charge in [0.1, 0.15) is 17.1 Å². The van der Waals surface area contributed by atoms with Crippen LogP contribution in [0.25, 0.3) is 0 Å². The van der Waals surface area contributed by atoms with Gasteiger partial charge in [-0.1, -0.05) is 0 Å². The van der Waals surface area contributed by atoms with E-state index in [2.05, 4.69) is 10.6 Å². The van der Waals surface area contributed by atoms with Crippen molar-refractivity contribution < 1.29 is 31.9 Å². The molecule has 3 aliphatic rings. The number of benzene rings is 1. The lowest BCUT2D eigenvalue weighted by Crippen LogP contribution is -2.66. The lowest BCUT2D eigenvalue weighted by Gasteiger charge is -2.53. The van der Waals surface area contributed by atoms with E-state index in [-0.39, 0.29) is 36.6 Å². The number of nitrogens with one attached hydrogen (secondary N) is 2. The molecule has 1 spiro atoms. The van der Waals surface area contributed by atoms with Gasteiger partial charge in [0.2, 0.25) is 11.8 Å². The van der Waals surface area contributed by atoms with E-state index < -0.39 is 23.4 Å². The van der Waals surface area contributed by atoms with Crippen LogP contribution in [0.15, 0.2) is 18.2 Å². The van der Waals surface area contributed by atoms with Crippen LogP contribution in [-0.2, 0) is 9.59 Å². The minimum Gasteiger partial charge on any atom is -0.497 e. The maximum absolute atomic E-state index is 13.6. The Balaban J connectivity index is 1.22. The second-order valence-corrected chi connectivity index (χ2v) is 9.77. The van der Waals surface area contributed by atoms with Gasteiger partial charge in [-0.25, -0.2) is 4.39 Å². The lowest BCUT2D eigenvalue weighted by molar-refractivity contribution is -0.219. The SMILES string of the molecule is COc1cc(F)cc(NC(=O)C2CCC3(CC2)CN(CC(=O)NC2(C(F)(F)F)CCC2)C3)c1. The number of anilines is 1. The van der Waals surface area contributed by atoms with E-state index in [9.17, 15) is 27.2 Å².